The van der Waals surface area contributed by atoms with E-state index in [4.69, 9.17) is 5.73 Å². The minimum atomic E-state index is -0.149. The molecule has 0 aliphatic carbocycles. The molecular formula is C14H16BrN5S. The zero-order valence-corrected chi connectivity index (χ0v) is 14.1. The van der Waals surface area contributed by atoms with Crippen molar-refractivity contribution in [2.24, 2.45) is 11.7 Å². The van der Waals surface area contributed by atoms with Crippen molar-refractivity contribution < 1.29 is 0 Å². The fraction of sp³-hybridized carbons (Fsp3) is 0.286. The van der Waals surface area contributed by atoms with Crippen LogP contribution in [0.4, 0.5) is 0 Å². The Bertz CT molecular complexity index is 677. The van der Waals surface area contributed by atoms with Crippen LogP contribution in [0, 0.1) is 5.92 Å². The Hall–Kier alpha value is -1.31. The van der Waals surface area contributed by atoms with Gasteiger partial charge < -0.3 is 5.73 Å². The Kier molecular flexibility index (Phi) is 4.05. The largest absolute Gasteiger partial charge is 0.321 e. The van der Waals surface area contributed by atoms with Crippen molar-refractivity contribution in [2.45, 2.75) is 25.0 Å². The van der Waals surface area contributed by atoms with E-state index >= 15 is 0 Å². The highest BCUT2D eigenvalue weighted by molar-refractivity contribution is 9.10. The zero-order chi connectivity index (χ0) is 15.0. The summed E-state index contributed by atoms with van der Waals surface area (Å²) in [5.74, 6) is 1.06. The highest BCUT2D eigenvalue weighted by Gasteiger charge is 2.23. The van der Waals surface area contributed by atoms with Crippen LogP contribution in [0.1, 0.15) is 31.3 Å². The molecule has 0 fully saturated rings. The number of nitrogens with two attached hydrogens (primary N) is 1. The van der Waals surface area contributed by atoms with Gasteiger partial charge in [0.1, 0.15) is 0 Å². The number of aromatic nitrogens is 3. The lowest BCUT2D eigenvalue weighted by Crippen LogP contribution is -2.27. The highest BCUT2D eigenvalue weighted by Crippen LogP contribution is 2.30. The molecule has 7 heteroatoms. The molecule has 21 heavy (non-hydrogen) atoms. The van der Waals surface area contributed by atoms with Gasteiger partial charge in [-0.25, -0.2) is 4.68 Å². The summed E-state index contributed by atoms with van der Waals surface area (Å²) in [5.41, 5.74) is 11.7. The normalized spacial score (nSPS) is 15.4. The predicted molar refractivity (Wildman–Crippen MR) is 89.1 cm³/mol. The van der Waals surface area contributed by atoms with Gasteiger partial charge in [-0.1, -0.05) is 53.7 Å². The quantitative estimate of drug-likeness (QED) is 0.872. The first-order valence-corrected chi connectivity index (χ1v) is 8.34. The van der Waals surface area contributed by atoms with Crippen LogP contribution in [-0.4, -0.2) is 14.9 Å². The number of hydrogen-bond acceptors (Lipinski definition) is 5. The van der Waals surface area contributed by atoms with Gasteiger partial charge in [0.25, 0.3) is 0 Å². The number of rotatable bonds is 3. The van der Waals surface area contributed by atoms with Crippen molar-refractivity contribution in [3.8, 4) is 0 Å². The van der Waals surface area contributed by atoms with E-state index in [1.165, 1.54) is 0 Å². The number of thioether (sulfide) groups is 1. The Labute approximate surface area is 136 Å². The molecule has 1 atom stereocenters. The Morgan fingerprint density at radius 3 is 2.62 bits per heavy atom. The molecule has 5 nitrogen and oxygen atoms in total. The smallest absolute Gasteiger partial charge is 0.214 e. The summed E-state index contributed by atoms with van der Waals surface area (Å²) in [6.45, 7) is 4.15. The average Bonchev–Trinajstić information content (AvgIpc) is 2.90. The van der Waals surface area contributed by atoms with Crippen molar-refractivity contribution in [3.05, 3.63) is 45.5 Å². The summed E-state index contributed by atoms with van der Waals surface area (Å²) in [6.07, 6.45) is 0. The van der Waals surface area contributed by atoms with Gasteiger partial charge in [0.15, 0.2) is 5.82 Å². The van der Waals surface area contributed by atoms with E-state index in [1.807, 2.05) is 22.2 Å². The second kappa shape index (κ2) is 5.82. The maximum atomic E-state index is 6.21. The van der Waals surface area contributed by atoms with Crippen molar-refractivity contribution in [3.63, 3.8) is 0 Å². The van der Waals surface area contributed by atoms with Crippen molar-refractivity contribution in [1.82, 2.24) is 14.9 Å². The highest BCUT2D eigenvalue weighted by atomic mass is 79.9. The van der Waals surface area contributed by atoms with Crippen LogP contribution in [0.3, 0.4) is 0 Å². The van der Waals surface area contributed by atoms with Gasteiger partial charge in [-0.2, -0.15) is 0 Å². The number of benzene rings is 1. The molecule has 1 aromatic heterocycles. The van der Waals surface area contributed by atoms with Crippen molar-refractivity contribution >= 4 is 33.4 Å². The number of hydrogen-bond donors (Lipinski definition) is 2. The molecule has 110 valence electrons. The lowest BCUT2D eigenvalue weighted by atomic mass is 10.1. The van der Waals surface area contributed by atoms with Gasteiger partial charge in [0, 0.05) is 15.4 Å². The van der Waals surface area contributed by atoms with Gasteiger partial charge in [0.05, 0.1) is 11.7 Å². The van der Waals surface area contributed by atoms with Crippen LogP contribution in [0.2, 0.25) is 0 Å². The molecule has 0 amide bonds. The molecular weight excluding hydrogens is 350 g/mol. The van der Waals surface area contributed by atoms with Crippen LogP contribution in [0.15, 0.2) is 39.3 Å². The monoisotopic (exact) mass is 365 g/mol. The Morgan fingerprint density at radius 1 is 1.24 bits per heavy atom. The van der Waals surface area contributed by atoms with Gasteiger partial charge in [-0.05, 0) is 18.1 Å². The third-order valence-corrected chi connectivity index (χ3v) is 4.70. The minimum Gasteiger partial charge on any atom is -0.321 e. The standard InChI is InChI=1S/C14H16BrN5S/c1-8(2)12(16)13-17-18-14-20(13)19-11(7-21-14)9-3-5-10(15)6-4-9/h3-8,12,19H,16H2,1-2H3/t12-/m0/s1. The summed E-state index contributed by atoms with van der Waals surface area (Å²) in [4.78, 5) is 0. The number of fused-ring (bicyclic) bond motifs is 1. The van der Waals surface area contributed by atoms with E-state index in [2.05, 4.69) is 57.5 Å². The maximum absolute atomic E-state index is 6.21. The fourth-order valence-electron chi connectivity index (χ4n) is 2.00. The van der Waals surface area contributed by atoms with Crippen LogP contribution in [0.25, 0.3) is 5.70 Å². The molecule has 2 aromatic rings. The van der Waals surface area contributed by atoms with Crippen LogP contribution >= 0.6 is 27.7 Å². The summed E-state index contributed by atoms with van der Waals surface area (Å²) in [7, 11) is 0. The van der Waals surface area contributed by atoms with E-state index in [0.717, 1.165) is 26.7 Å². The molecule has 1 aromatic carbocycles. The van der Waals surface area contributed by atoms with E-state index in [9.17, 15) is 0 Å². The molecule has 0 unspecified atom stereocenters. The molecule has 1 aliphatic rings. The number of nitrogens with zero attached hydrogens (tertiary/aromatic N) is 3. The molecule has 0 saturated heterocycles. The van der Waals surface area contributed by atoms with E-state index in [-0.39, 0.29) is 6.04 Å². The van der Waals surface area contributed by atoms with Crippen LogP contribution in [-0.2, 0) is 0 Å². The molecule has 0 spiro atoms. The van der Waals surface area contributed by atoms with E-state index in [0.29, 0.717) is 5.92 Å². The topological polar surface area (TPSA) is 68.8 Å². The summed E-state index contributed by atoms with van der Waals surface area (Å²) < 4.78 is 2.94. The van der Waals surface area contributed by atoms with Gasteiger partial charge in [-0.3, -0.25) is 5.43 Å². The first-order valence-electron chi connectivity index (χ1n) is 6.67. The molecule has 0 bridgehead atoms. The third kappa shape index (κ3) is 2.86. The first kappa shape index (κ1) is 14.6. The van der Waals surface area contributed by atoms with Gasteiger partial charge >= 0.3 is 0 Å². The summed E-state index contributed by atoms with van der Waals surface area (Å²) in [5, 5.41) is 11.3. The molecule has 1 aliphatic heterocycles. The Balaban J connectivity index is 1.90. The lowest BCUT2D eigenvalue weighted by molar-refractivity contribution is 0.476. The van der Waals surface area contributed by atoms with Crippen LogP contribution < -0.4 is 11.2 Å². The van der Waals surface area contributed by atoms with Gasteiger partial charge in [0.2, 0.25) is 5.16 Å². The second-order valence-corrected chi connectivity index (χ2v) is 6.97. The SMILES string of the molecule is CC(C)[C@H](N)c1nnc2n1NC(c1ccc(Br)cc1)=CS2. The summed E-state index contributed by atoms with van der Waals surface area (Å²) in [6, 6.07) is 8.00. The molecule has 3 N–H and O–H groups in total. The predicted octanol–water partition coefficient (Wildman–Crippen LogP) is 3.34. The Morgan fingerprint density at radius 2 is 1.95 bits per heavy atom. The van der Waals surface area contributed by atoms with Crippen molar-refractivity contribution in [2.75, 3.05) is 5.43 Å². The van der Waals surface area contributed by atoms with Crippen molar-refractivity contribution in [1.29, 1.82) is 0 Å². The zero-order valence-electron chi connectivity index (χ0n) is 11.7. The van der Waals surface area contributed by atoms with Crippen LogP contribution in [0.5, 0.6) is 0 Å². The molecule has 2 heterocycles. The van der Waals surface area contributed by atoms with E-state index < -0.39 is 0 Å². The van der Waals surface area contributed by atoms with Gasteiger partial charge in [-0.15, -0.1) is 10.2 Å². The lowest BCUT2D eigenvalue weighted by Gasteiger charge is -2.22. The maximum Gasteiger partial charge on any atom is 0.214 e. The number of halogens is 1. The molecule has 0 radical (unpaired) electrons. The molecule has 0 saturated carbocycles. The third-order valence-electron chi connectivity index (χ3n) is 3.34. The fourth-order valence-corrected chi connectivity index (χ4v) is 3.01. The minimum absolute atomic E-state index is 0.149. The molecule has 3 rings (SSSR count). The second-order valence-electron chi connectivity index (χ2n) is 5.21. The average molecular weight is 366 g/mol. The number of nitrogens with one attached hydrogen (secondary N) is 1. The van der Waals surface area contributed by atoms with E-state index in [1.54, 1.807) is 11.8 Å². The summed E-state index contributed by atoms with van der Waals surface area (Å²) >= 11 is 4.99. The first-order chi connectivity index (χ1) is 10.1.